The lowest BCUT2D eigenvalue weighted by molar-refractivity contribution is -0.384. The van der Waals surface area contributed by atoms with Crippen molar-refractivity contribution in [3.63, 3.8) is 0 Å². The number of amides is 2. The SMILES string of the molecule is CSc1ccc([N+](=O)[O-])cc1-c1nc(-c2ccccc2)nc(C)c1NC(N)=O. The topological polar surface area (TPSA) is 124 Å². The number of hydrogen-bond donors (Lipinski definition) is 2. The lowest BCUT2D eigenvalue weighted by atomic mass is 10.1. The van der Waals surface area contributed by atoms with Crippen LogP contribution in [0.2, 0.25) is 0 Å². The van der Waals surface area contributed by atoms with E-state index in [1.165, 1.54) is 23.9 Å². The summed E-state index contributed by atoms with van der Waals surface area (Å²) in [6.45, 7) is 1.72. The second-order valence-electron chi connectivity index (χ2n) is 5.85. The number of anilines is 1. The minimum Gasteiger partial charge on any atom is -0.351 e. The van der Waals surface area contributed by atoms with Crippen molar-refractivity contribution < 1.29 is 9.72 Å². The van der Waals surface area contributed by atoms with E-state index in [2.05, 4.69) is 15.3 Å². The van der Waals surface area contributed by atoms with Crippen LogP contribution in [0.1, 0.15) is 5.69 Å². The number of nitro benzene ring substituents is 1. The van der Waals surface area contributed by atoms with Crippen LogP contribution in [0, 0.1) is 17.0 Å². The summed E-state index contributed by atoms with van der Waals surface area (Å²) in [6, 6.07) is 13.1. The van der Waals surface area contributed by atoms with E-state index < -0.39 is 11.0 Å². The minimum atomic E-state index is -0.767. The average molecular weight is 395 g/mol. The molecule has 1 aromatic heterocycles. The monoisotopic (exact) mass is 395 g/mol. The standard InChI is InChI=1S/C19H17N5O3S/c1-11-16(23-19(20)25)17(22-18(21-11)12-6-4-3-5-7-12)14-10-13(24(26)27)8-9-15(14)28-2/h3-10H,1-2H3,(H3,20,23,25). The first-order chi connectivity index (χ1) is 13.4. The normalized spacial score (nSPS) is 10.5. The van der Waals surface area contributed by atoms with Crippen molar-refractivity contribution in [2.75, 3.05) is 11.6 Å². The third-order valence-electron chi connectivity index (χ3n) is 4.02. The van der Waals surface area contributed by atoms with Gasteiger partial charge in [0.15, 0.2) is 5.82 Å². The maximum Gasteiger partial charge on any atom is 0.316 e. The fourth-order valence-electron chi connectivity index (χ4n) is 2.75. The van der Waals surface area contributed by atoms with Crippen LogP contribution < -0.4 is 11.1 Å². The van der Waals surface area contributed by atoms with E-state index >= 15 is 0 Å². The molecule has 28 heavy (non-hydrogen) atoms. The Morgan fingerprint density at radius 2 is 1.89 bits per heavy atom. The van der Waals surface area contributed by atoms with Crippen LogP contribution in [-0.4, -0.2) is 27.2 Å². The van der Waals surface area contributed by atoms with Gasteiger partial charge in [0.25, 0.3) is 5.69 Å². The molecular weight excluding hydrogens is 378 g/mol. The summed E-state index contributed by atoms with van der Waals surface area (Å²) < 4.78 is 0. The Morgan fingerprint density at radius 3 is 2.50 bits per heavy atom. The summed E-state index contributed by atoms with van der Waals surface area (Å²) in [5.41, 5.74) is 7.75. The summed E-state index contributed by atoms with van der Waals surface area (Å²) in [4.78, 5) is 32.2. The maximum absolute atomic E-state index is 11.5. The zero-order chi connectivity index (χ0) is 20.3. The van der Waals surface area contributed by atoms with E-state index in [9.17, 15) is 14.9 Å². The lowest BCUT2D eigenvalue weighted by Gasteiger charge is -2.15. The van der Waals surface area contributed by atoms with E-state index in [1.807, 2.05) is 36.6 Å². The predicted octanol–water partition coefficient (Wildman–Crippen LogP) is 4.24. The highest BCUT2D eigenvalue weighted by atomic mass is 32.2. The molecule has 3 rings (SSSR count). The number of carbonyl (C=O) groups excluding carboxylic acids is 1. The Morgan fingerprint density at radius 1 is 1.18 bits per heavy atom. The van der Waals surface area contributed by atoms with Gasteiger partial charge in [-0.15, -0.1) is 11.8 Å². The second-order valence-corrected chi connectivity index (χ2v) is 6.70. The van der Waals surface area contributed by atoms with Gasteiger partial charge in [-0.2, -0.15) is 0 Å². The van der Waals surface area contributed by atoms with Crippen molar-refractivity contribution >= 4 is 29.2 Å². The van der Waals surface area contributed by atoms with Gasteiger partial charge in [-0.25, -0.2) is 14.8 Å². The van der Waals surface area contributed by atoms with Gasteiger partial charge in [0, 0.05) is 28.2 Å². The Labute approximate surface area is 165 Å². The van der Waals surface area contributed by atoms with Gasteiger partial charge in [-0.1, -0.05) is 30.3 Å². The molecule has 0 radical (unpaired) electrons. The van der Waals surface area contributed by atoms with Gasteiger partial charge < -0.3 is 11.1 Å². The molecular formula is C19H17N5O3S. The highest BCUT2D eigenvalue weighted by Crippen LogP contribution is 2.38. The van der Waals surface area contributed by atoms with Gasteiger partial charge in [0.1, 0.15) is 0 Å². The number of aromatic nitrogens is 2. The van der Waals surface area contributed by atoms with Gasteiger partial charge in [0.2, 0.25) is 0 Å². The van der Waals surface area contributed by atoms with Gasteiger partial charge in [-0.3, -0.25) is 10.1 Å². The zero-order valence-corrected chi connectivity index (χ0v) is 16.0. The summed E-state index contributed by atoms with van der Waals surface area (Å²) in [5.74, 6) is 0.446. The fraction of sp³-hybridized carbons (Fsp3) is 0.105. The number of non-ortho nitro benzene ring substituents is 1. The Hall–Kier alpha value is -3.46. The minimum absolute atomic E-state index is 0.0737. The van der Waals surface area contributed by atoms with Crippen molar-refractivity contribution in [3.8, 4) is 22.6 Å². The average Bonchev–Trinajstić information content (AvgIpc) is 2.69. The smallest absolute Gasteiger partial charge is 0.316 e. The molecule has 3 N–H and O–H groups in total. The molecule has 0 aliphatic rings. The molecule has 2 aromatic carbocycles. The molecule has 0 saturated carbocycles. The number of nitrogens with zero attached hydrogens (tertiary/aromatic N) is 3. The van der Waals surface area contributed by atoms with E-state index in [1.54, 1.807) is 13.0 Å². The van der Waals surface area contributed by atoms with E-state index in [0.717, 1.165) is 10.5 Å². The highest BCUT2D eigenvalue weighted by molar-refractivity contribution is 7.98. The van der Waals surface area contributed by atoms with Gasteiger partial charge in [-0.05, 0) is 19.2 Å². The Bertz CT molecular complexity index is 1060. The number of urea groups is 1. The van der Waals surface area contributed by atoms with Gasteiger partial charge in [0.05, 0.1) is 22.0 Å². The van der Waals surface area contributed by atoms with E-state index in [4.69, 9.17) is 5.73 Å². The second kappa shape index (κ2) is 8.05. The molecule has 142 valence electrons. The molecule has 0 unspecified atom stereocenters. The molecule has 8 nitrogen and oxygen atoms in total. The summed E-state index contributed by atoms with van der Waals surface area (Å²) >= 11 is 1.42. The number of nitrogens with one attached hydrogen (secondary N) is 1. The number of benzene rings is 2. The number of thioether (sulfide) groups is 1. The molecule has 0 saturated heterocycles. The molecule has 9 heteroatoms. The Kier molecular flexibility index (Phi) is 5.55. The first-order valence-corrected chi connectivity index (χ1v) is 9.46. The van der Waals surface area contributed by atoms with Crippen molar-refractivity contribution in [2.24, 2.45) is 5.73 Å². The van der Waals surface area contributed by atoms with Crippen molar-refractivity contribution in [1.82, 2.24) is 9.97 Å². The van der Waals surface area contributed by atoms with Crippen LogP contribution in [0.15, 0.2) is 53.4 Å². The van der Waals surface area contributed by atoms with Crippen LogP contribution in [0.5, 0.6) is 0 Å². The molecule has 0 fully saturated rings. The number of nitrogens with two attached hydrogens (primary N) is 1. The molecule has 0 atom stereocenters. The first-order valence-electron chi connectivity index (χ1n) is 8.24. The van der Waals surface area contributed by atoms with Crippen molar-refractivity contribution in [3.05, 3.63) is 64.3 Å². The quantitative estimate of drug-likeness (QED) is 0.378. The molecule has 0 aliphatic heterocycles. The molecule has 0 spiro atoms. The summed E-state index contributed by atoms with van der Waals surface area (Å²) in [5, 5.41) is 13.8. The largest absolute Gasteiger partial charge is 0.351 e. The lowest BCUT2D eigenvalue weighted by Crippen LogP contribution is -2.21. The number of rotatable bonds is 5. The summed E-state index contributed by atoms with van der Waals surface area (Å²) in [6.07, 6.45) is 1.86. The molecule has 3 aromatic rings. The third-order valence-corrected chi connectivity index (χ3v) is 4.81. The van der Waals surface area contributed by atoms with Crippen molar-refractivity contribution in [1.29, 1.82) is 0 Å². The maximum atomic E-state index is 11.5. The molecule has 0 aliphatic carbocycles. The molecule has 2 amide bonds. The van der Waals surface area contributed by atoms with E-state index in [0.29, 0.717) is 28.5 Å². The van der Waals surface area contributed by atoms with Crippen molar-refractivity contribution in [2.45, 2.75) is 11.8 Å². The van der Waals surface area contributed by atoms with E-state index in [-0.39, 0.29) is 5.69 Å². The number of aryl methyl sites for hydroxylation is 1. The fourth-order valence-corrected chi connectivity index (χ4v) is 3.33. The molecule has 0 bridgehead atoms. The van der Waals surface area contributed by atoms with Crippen LogP contribution in [0.3, 0.4) is 0 Å². The van der Waals surface area contributed by atoms with Crippen LogP contribution in [0.4, 0.5) is 16.2 Å². The number of hydrogen-bond acceptors (Lipinski definition) is 6. The third kappa shape index (κ3) is 3.94. The summed E-state index contributed by atoms with van der Waals surface area (Å²) in [7, 11) is 0. The zero-order valence-electron chi connectivity index (χ0n) is 15.2. The van der Waals surface area contributed by atoms with Crippen LogP contribution in [0.25, 0.3) is 22.6 Å². The highest BCUT2D eigenvalue weighted by Gasteiger charge is 2.20. The first kappa shape index (κ1) is 19.3. The number of primary amides is 1. The van der Waals surface area contributed by atoms with Crippen LogP contribution >= 0.6 is 11.8 Å². The van der Waals surface area contributed by atoms with Gasteiger partial charge >= 0.3 is 6.03 Å². The predicted molar refractivity (Wildman–Crippen MR) is 109 cm³/mol. The number of nitro groups is 1. The Balaban J connectivity index is 2.31. The number of carbonyl (C=O) groups is 1. The molecule has 1 heterocycles. The van der Waals surface area contributed by atoms with Crippen LogP contribution in [-0.2, 0) is 0 Å².